The van der Waals surface area contributed by atoms with E-state index in [-0.39, 0.29) is 18.2 Å². The van der Waals surface area contributed by atoms with Gasteiger partial charge in [-0.3, -0.25) is 14.3 Å². The molecule has 0 bridgehead atoms. The number of aromatic hydroxyl groups is 1. The Balaban J connectivity index is 1.46. The summed E-state index contributed by atoms with van der Waals surface area (Å²) in [6.07, 6.45) is 3.52. The minimum absolute atomic E-state index is 0.0190. The second-order valence-corrected chi connectivity index (χ2v) is 9.27. The molecular weight excluding hydrogens is 514 g/mol. The maximum Gasteiger partial charge on any atom is 0.304 e. The Morgan fingerprint density at radius 3 is 2.57 bits per heavy atom. The molecule has 0 spiro atoms. The van der Waals surface area contributed by atoms with Crippen LogP contribution in [0, 0.1) is 0 Å². The molecule has 2 heterocycles. The lowest BCUT2D eigenvalue weighted by atomic mass is 10.1. The highest BCUT2D eigenvalue weighted by Gasteiger charge is 2.20. The molecule has 0 unspecified atom stereocenters. The van der Waals surface area contributed by atoms with E-state index >= 15 is 0 Å². The number of amides is 1. The van der Waals surface area contributed by atoms with Crippen molar-refractivity contribution in [3.63, 3.8) is 0 Å². The molecule has 1 aliphatic heterocycles. The van der Waals surface area contributed by atoms with Gasteiger partial charge in [-0.05, 0) is 80.9 Å². The lowest BCUT2D eigenvalue weighted by Gasteiger charge is -2.27. The van der Waals surface area contributed by atoms with Crippen LogP contribution in [0.3, 0.4) is 0 Å². The van der Waals surface area contributed by atoms with Gasteiger partial charge >= 0.3 is 5.91 Å². The van der Waals surface area contributed by atoms with Crippen molar-refractivity contribution < 1.29 is 19.5 Å². The smallest absolute Gasteiger partial charge is 0.304 e. The molecule has 3 aromatic rings. The van der Waals surface area contributed by atoms with Gasteiger partial charge in [-0.15, -0.1) is 10.2 Å². The number of hydrogen-bond donors (Lipinski definition) is 1. The second-order valence-electron chi connectivity index (χ2n) is 8.35. The Hall–Kier alpha value is -3.24. The van der Waals surface area contributed by atoms with Gasteiger partial charge in [0.25, 0.3) is 0 Å². The number of azo groups is 1. The molecule has 0 radical (unpaired) electrons. The van der Waals surface area contributed by atoms with Crippen LogP contribution in [0.5, 0.6) is 11.6 Å². The number of carbonyl (C=O) groups is 1. The number of hydrogen-bond acceptors (Lipinski definition) is 7. The van der Waals surface area contributed by atoms with E-state index in [2.05, 4.69) is 36.2 Å². The fourth-order valence-corrected chi connectivity index (χ4v) is 4.40. The topological polar surface area (TPSA) is 101 Å². The van der Waals surface area contributed by atoms with Crippen LogP contribution in [-0.4, -0.2) is 53.0 Å². The normalized spacial score (nSPS) is 15.1. The van der Waals surface area contributed by atoms with Crippen LogP contribution < -0.4 is 4.74 Å². The van der Waals surface area contributed by atoms with Gasteiger partial charge in [-0.25, -0.2) is 0 Å². The zero-order chi connectivity index (χ0) is 24.8. The molecule has 1 N–H and O–H groups in total. The second kappa shape index (κ2) is 11.5. The summed E-state index contributed by atoms with van der Waals surface area (Å²) in [4.78, 5) is 19.7. The minimum Gasteiger partial charge on any atom is -0.497 e. The Bertz CT molecular complexity index is 1250. The highest BCUT2D eigenvalue weighted by molar-refractivity contribution is 9.10. The van der Waals surface area contributed by atoms with Crippen molar-refractivity contribution in [3.8, 4) is 11.6 Å². The molecule has 35 heavy (non-hydrogen) atoms. The zero-order valence-electron chi connectivity index (χ0n) is 19.8. The molecule has 0 saturated carbocycles. The van der Waals surface area contributed by atoms with Crippen LogP contribution >= 0.6 is 15.9 Å². The molecule has 1 aliphatic rings. The lowest BCUT2D eigenvalue weighted by Crippen LogP contribution is -2.31. The van der Waals surface area contributed by atoms with Crippen molar-refractivity contribution in [2.45, 2.75) is 32.9 Å². The largest absolute Gasteiger partial charge is 0.497 e. The summed E-state index contributed by atoms with van der Waals surface area (Å²) < 4.78 is 7.80. The summed E-state index contributed by atoms with van der Waals surface area (Å²) in [7, 11) is 1.60. The Labute approximate surface area is 212 Å². The number of methoxy groups -OCH3 is 1. The predicted octanol–water partition coefficient (Wildman–Crippen LogP) is 5.61. The number of piperidine rings is 1. The molecule has 1 aromatic heterocycles. The average Bonchev–Trinajstić information content (AvgIpc) is 3.13. The van der Waals surface area contributed by atoms with Crippen LogP contribution in [0.4, 0.5) is 5.69 Å². The van der Waals surface area contributed by atoms with E-state index < -0.39 is 5.91 Å². The standard InChI is InChI=1S/C25H28BrN5O4/c1-17(18-6-9-20(34-2)10-7-18)29-35-15-23(32)27-28-24-21-14-19(26)8-11-22(21)31(25(24)33)16-30-12-4-3-5-13-30/h6-11,14,33H,3-5,12-13,15-16H2,1-2H3. The number of likely N-dealkylation sites (tertiary alicyclic amines) is 1. The van der Waals surface area contributed by atoms with Gasteiger partial charge in [0.15, 0.2) is 12.3 Å². The number of nitrogens with zero attached hydrogens (tertiary/aromatic N) is 5. The first kappa shape index (κ1) is 24.9. The quantitative estimate of drug-likeness (QED) is 0.227. The van der Waals surface area contributed by atoms with Crippen LogP contribution in [0.1, 0.15) is 31.7 Å². The monoisotopic (exact) mass is 541 g/mol. The molecule has 2 aromatic carbocycles. The minimum atomic E-state index is -0.609. The predicted molar refractivity (Wildman–Crippen MR) is 137 cm³/mol. The summed E-state index contributed by atoms with van der Waals surface area (Å²) in [6.45, 7) is 3.93. The number of rotatable bonds is 8. The number of halogens is 1. The summed E-state index contributed by atoms with van der Waals surface area (Å²) in [5.74, 6) is 0.114. The molecule has 0 atom stereocenters. The lowest BCUT2D eigenvalue weighted by molar-refractivity contribution is -0.122. The van der Waals surface area contributed by atoms with Gasteiger partial charge in [0.1, 0.15) is 5.75 Å². The molecule has 0 aliphatic carbocycles. The molecule has 9 nitrogen and oxygen atoms in total. The van der Waals surface area contributed by atoms with E-state index in [1.165, 1.54) is 6.42 Å². The van der Waals surface area contributed by atoms with Crippen LogP contribution in [0.25, 0.3) is 10.9 Å². The maximum absolute atomic E-state index is 12.3. The Morgan fingerprint density at radius 2 is 1.86 bits per heavy atom. The third-order valence-corrected chi connectivity index (χ3v) is 6.41. The highest BCUT2D eigenvalue weighted by atomic mass is 79.9. The number of carbonyl (C=O) groups excluding carboxylic acids is 1. The summed E-state index contributed by atoms with van der Waals surface area (Å²) >= 11 is 3.47. The van der Waals surface area contributed by atoms with Gasteiger partial charge < -0.3 is 14.7 Å². The summed E-state index contributed by atoms with van der Waals surface area (Å²) in [6, 6.07) is 13.0. The summed E-state index contributed by atoms with van der Waals surface area (Å²) in [5, 5.41) is 23.5. The molecule has 1 saturated heterocycles. The molecule has 10 heteroatoms. The van der Waals surface area contributed by atoms with Gasteiger partial charge in [-0.2, -0.15) is 0 Å². The molecule has 1 fully saturated rings. The van der Waals surface area contributed by atoms with Crippen molar-refractivity contribution in [1.29, 1.82) is 0 Å². The van der Waals surface area contributed by atoms with E-state index in [1.807, 2.05) is 47.0 Å². The van der Waals surface area contributed by atoms with E-state index in [4.69, 9.17) is 9.57 Å². The van der Waals surface area contributed by atoms with Crippen molar-refractivity contribution in [2.75, 3.05) is 26.8 Å². The molecule has 1 amide bonds. The Morgan fingerprint density at radius 1 is 1.11 bits per heavy atom. The van der Waals surface area contributed by atoms with E-state index in [0.717, 1.165) is 47.2 Å². The fourth-order valence-electron chi connectivity index (χ4n) is 4.04. The van der Waals surface area contributed by atoms with Gasteiger partial charge in [0.05, 0.1) is 25.0 Å². The highest BCUT2D eigenvalue weighted by Crippen LogP contribution is 2.40. The van der Waals surface area contributed by atoms with Gasteiger partial charge in [0.2, 0.25) is 5.88 Å². The number of oxime groups is 1. The fraction of sp³-hybridized carbons (Fsp3) is 0.360. The molecule has 4 rings (SSSR count). The SMILES string of the molecule is COc1ccc(C(C)=NOCC(=O)N=Nc2c(O)n(CN3CCCCC3)c3ccc(Br)cc23)cc1. The van der Waals surface area contributed by atoms with Gasteiger partial charge in [-0.1, -0.05) is 27.5 Å². The van der Waals surface area contributed by atoms with Crippen molar-refractivity contribution >= 4 is 44.1 Å². The molecule has 184 valence electrons. The van der Waals surface area contributed by atoms with E-state index in [0.29, 0.717) is 17.8 Å². The Kier molecular flexibility index (Phi) is 8.14. The van der Waals surface area contributed by atoms with Crippen LogP contribution in [0.2, 0.25) is 0 Å². The van der Waals surface area contributed by atoms with Crippen LogP contribution in [-0.2, 0) is 16.3 Å². The first-order valence-corrected chi connectivity index (χ1v) is 12.2. The third-order valence-electron chi connectivity index (χ3n) is 5.92. The van der Waals surface area contributed by atoms with Crippen LogP contribution in [0.15, 0.2) is 62.3 Å². The number of aromatic nitrogens is 1. The first-order chi connectivity index (χ1) is 17.0. The van der Waals surface area contributed by atoms with E-state index in [1.54, 1.807) is 14.0 Å². The number of benzene rings is 2. The molecular formula is C25H28BrN5O4. The van der Waals surface area contributed by atoms with Crippen molar-refractivity contribution in [1.82, 2.24) is 9.47 Å². The third kappa shape index (κ3) is 6.07. The maximum atomic E-state index is 12.3. The van der Waals surface area contributed by atoms with Crippen molar-refractivity contribution in [3.05, 3.63) is 52.5 Å². The zero-order valence-corrected chi connectivity index (χ0v) is 21.4. The number of fused-ring (bicyclic) bond motifs is 1. The van der Waals surface area contributed by atoms with Crippen molar-refractivity contribution in [2.24, 2.45) is 15.4 Å². The average molecular weight is 542 g/mol. The first-order valence-electron chi connectivity index (χ1n) is 11.4. The van der Waals surface area contributed by atoms with Gasteiger partial charge in [0, 0.05) is 9.86 Å². The van der Waals surface area contributed by atoms with E-state index in [9.17, 15) is 9.90 Å². The summed E-state index contributed by atoms with van der Waals surface area (Å²) in [5.41, 5.74) is 2.54. The number of ether oxygens (including phenoxy) is 1.